The molecule has 2 heterocycles. The zero-order chi connectivity index (χ0) is 37.7. The number of hydrogen-bond donors (Lipinski definition) is 0. The van der Waals surface area contributed by atoms with Crippen LogP contribution in [-0.4, -0.2) is 4.57 Å². The molecule has 0 radical (unpaired) electrons. The third-order valence-electron chi connectivity index (χ3n) is 11.2. The van der Waals surface area contributed by atoms with Crippen LogP contribution in [-0.2, 0) is 0 Å². The van der Waals surface area contributed by atoms with Gasteiger partial charge in [-0.05, 0) is 76.3 Å². The molecule has 0 fully saturated rings. The fourth-order valence-electron chi connectivity index (χ4n) is 8.71. The summed E-state index contributed by atoms with van der Waals surface area (Å²) in [4.78, 5) is 2.48. The van der Waals surface area contributed by atoms with Crippen LogP contribution in [0, 0.1) is 0 Å². The molecule has 3 heteroatoms. The minimum atomic E-state index is 1.10. The van der Waals surface area contributed by atoms with Gasteiger partial charge in [0.2, 0.25) is 0 Å². The molecule has 57 heavy (non-hydrogen) atoms. The smallest absolute Gasteiger partial charge is 0.0640 e. The number of benzene rings is 9. The van der Waals surface area contributed by atoms with Crippen LogP contribution >= 0.6 is 11.3 Å². The van der Waals surface area contributed by atoms with E-state index in [1.54, 1.807) is 0 Å². The van der Waals surface area contributed by atoms with Crippen LogP contribution in [0.4, 0.5) is 17.1 Å². The van der Waals surface area contributed by atoms with Crippen molar-refractivity contribution in [1.29, 1.82) is 0 Å². The van der Waals surface area contributed by atoms with Crippen LogP contribution in [0.2, 0.25) is 0 Å². The fraction of sp³-hybridized carbons (Fsp3) is 0. The van der Waals surface area contributed by atoms with Crippen molar-refractivity contribution < 1.29 is 0 Å². The van der Waals surface area contributed by atoms with Crippen molar-refractivity contribution in [2.75, 3.05) is 4.90 Å². The van der Waals surface area contributed by atoms with Crippen molar-refractivity contribution in [3.05, 3.63) is 218 Å². The molecule has 0 bridgehead atoms. The summed E-state index contributed by atoms with van der Waals surface area (Å²) in [6.07, 6.45) is 0. The van der Waals surface area contributed by atoms with Crippen LogP contribution in [0.5, 0.6) is 0 Å². The lowest BCUT2D eigenvalue weighted by atomic mass is 9.92. The van der Waals surface area contributed by atoms with E-state index in [1.165, 1.54) is 69.8 Å². The first kappa shape index (κ1) is 33.2. The van der Waals surface area contributed by atoms with E-state index in [0.29, 0.717) is 0 Å². The molecule has 268 valence electrons. The summed E-state index contributed by atoms with van der Waals surface area (Å²) in [6.45, 7) is 0. The first-order valence-corrected chi connectivity index (χ1v) is 20.3. The first-order valence-electron chi connectivity index (χ1n) is 19.4. The molecule has 0 N–H and O–H groups in total. The molecule has 0 aliphatic heterocycles. The van der Waals surface area contributed by atoms with Crippen LogP contribution < -0.4 is 4.90 Å². The van der Waals surface area contributed by atoms with Gasteiger partial charge in [0.05, 0.1) is 27.1 Å². The maximum atomic E-state index is 2.48. The molecule has 0 atom stereocenters. The van der Waals surface area contributed by atoms with E-state index in [4.69, 9.17) is 0 Å². The third kappa shape index (κ3) is 5.55. The minimum absolute atomic E-state index is 1.10. The van der Waals surface area contributed by atoms with Crippen LogP contribution in [0.3, 0.4) is 0 Å². The molecule has 0 saturated carbocycles. The van der Waals surface area contributed by atoms with Gasteiger partial charge in [0.1, 0.15) is 0 Å². The van der Waals surface area contributed by atoms with Crippen molar-refractivity contribution in [1.82, 2.24) is 4.57 Å². The van der Waals surface area contributed by atoms with Gasteiger partial charge >= 0.3 is 0 Å². The Balaban J connectivity index is 1.22. The number of fused-ring (bicyclic) bond motifs is 6. The van der Waals surface area contributed by atoms with Gasteiger partial charge in [-0.15, -0.1) is 11.3 Å². The quantitative estimate of drug-likeness (QED) is 0.158. The molecule has 2 aromatic heterocycles. The average Bonchev–Trinajstić information content (AvgIpc) is 3.84. The average molecular weight is 745 g/mol. The Labute approximate surface area is 335 Å². The molecule has 0 spiro atoms. The van der Waals surface area contributed by atoms with Gasteiger partial charge in [-0.25, -0.2) is 0 Å². The maximum Gasteiger partial charge on any atom is 0.0640 e. The van der Waals surface area contributed by atoms with Gasteiger partial charge in [-0.3, -0.25) is 0 Å². The topological polar surface area (TPSA) is 8.17 Å². The van der Waals surface area contributed by atoms with Crippen LogP contribution in [0.25, 0.3) is 81.0 Å². The number of anilines is 3. The lowest BCUT2D eigenvalue weighted by Gasteiger charge is -2.28. The summed E-state index contributed by atoms with van der Waals surface area (Å²) in [5, 5.41) is 5.02. The number of thiophene rings is 1. The van der Waals surface area contributed by atoms with Crippen molar-refractivity contribution in [2.24, 2.45) is 0 Å². The van der Waals surface area contributed by atoms with E-state index in [0.717, 1.165) is 28.3 Å². The van der Waals surface area contributed by atoms with Gasteiger partial charge in [0, 0.05) is 43.2 Å². The standard InChI is InChI=1S/C54H36N2S/c1-4-18-37(19-5-1)41-24-10-11-26-43(41)45-28-16-31-49-53(45)47-35-34-40(36-51(47)55(49)39-22-8-3-9-23-39)56(48-30-14-12-25-42(48)38-20-6-2-7-21-38)50-32-17-29-46-44-27-13-15-33-52(44)57-54(46)50/h1-36H. The Hall–Kier alpha value is -7.20. The Kier molecular flexibility index (Phi) is 8.04. The van der Waals surface area contributed by atoms with Gasteiger partial charge in [0.25, 0.3) is 0 Å². The van der Waals surface area contributed by atoms with E-state index >= 15 is 0 Å². The Morgan fingerprint density at radius 1 is 0.368 bits per heavy atom. The zero-order valence-electron chi connectivity index (χ0n) is 31.1. The molecule has 11 rings (SSSR count). The molecule has 11 aromatic rings. The van der Waals surface area contributed by atoms with E-state index in [1.807, 2.05) is 11.3 Å². The molecule has 2 nitrogen and oxygen atoms in total. The highest BCUT2D eigenvalue weighted by atomic mass is 32.1. The molecule has 0 aliphatic rings. The van der Waals surface area contributed by atoms with Gasteiger partial charge in [-0.1, -0.05) is 170 Å². The van der Waals surface area contributed by atoms with Gasteiger partial charge < -0.3 is 9.47 Å². The van der Waals surface area contributed by atoms with E-state index in [9.17, 15) is 0 Å². The summed E-state index contributed by atoms with van der Waals surface area (Å²) in [5.74, 6) is 0. The molecule has 0 saturated heterocycles. The highest BCUT2D eigenvalue weighted by Gasteiger charge is 2.24. The highest BCUT2D eigenvalue weighted by Crippen LogP contribution is 2.49. The molecular formula is C54H36N2S. The summed E-state index contributed by atoms with van der Waals surface area (Å²) >= 11 is 1.87. The van der Waals surface area contributed by atoms with Crippen LogP contribution in [0.1, 0.15) is 0 Å². The largest absolute Gasteiger partial charge is 0.309 e. The van der Waals surface area contributed by atoms with Gasteiger partial charge in [-0.2, -0.15) is 0 Å². The highest BCUT2D eigenvalue weighted by molar-refractivity contribution is 7.26. The van der Waals surface area contributed by atoms with E-state index in [-0.39, 0.29) is 0 Å². The number of para-hydroxylation sites is 2. The van der Waals surface area contributed by atoms with Crippen molar-refractivity contribution in [2.45, 2.75) is 0 Å². The Bertz CT molecular complexity index is 3230. The number of rotatable bonds is 7. The first-order chi connectivity index (χ1) is 28.3. The maximum absolute atomic E-state index is 2.48. The number of hydrogen-bond acceptors (Lipinski definition) is 2. The van der Waals surface area contributed by atoms with Gasteiger partial charge in [0.15, 0.2) is 0 Å². The van der Waals surface area contributed by atoms with Crippen LogP contribution in [0.15, 0.2) is 218 Å². The normalized spacial score (nSPS) is 11.5. The zero-order valence-corrected chi connectivity index (χ0v) is 31.9. The predicted octanol–water partition coefficient (Wildman–Crippen LogP) is 15.6. The molecule has 9 aromatic carbocycles. The lowest BCUT2D eigenvalue weighted by Crippen LogP contribution is -2.11. The molecule has 0 amide bonds. The Morgan fingerprint density at radius 2 is 0.947 bits per heavy atom. The van der Waals surface area contributed by atoms with Crippen molar-refractivity contribution in [3.8, 4) is 39.1 Å². The summed E-state index contributed by atoms with van der Waals surface area (Å²) < 4.78 is 5.01. The Morgan fingerprint density at radius 3 is 1.74 bits per heavy atom. The summed E-state index contributed by atoms with van der Waals surface area (Å²) in [5.41, 5.74) is 14.1. The summed E-state index contributed by atoms with van der Waals surface area (Å²) in [7, 11) is 0. The number of aromatic nitrogens is 1. The van der Waals surface area contributed by atoms with E-state index in [2.05, 4.69) is 228 Å². The number of nitrogens with zero attached hydrogens (tertiary/aromatic N) is 2. The van der Waals surface area contributed by atoms with Crippen molar-refractivity contribution in [3.63, 3.8) is 0 Å². The fourth-order valence-corrected chi connectivity index (χ4v) is 9.92. The third-order valence-corrected chi connectivity index (χ3v) is 12.4. The minimum Gasteiger partial charge on any atom is -0.309 e. The summed E-state index contributed by atoms with van der Waals surface area (Å²) in [6, 6.07) is 79.3. The molecule has 0 unspecified atom stereocenters. The second-order valence-corrected chi connectivity index (χ2v) is 15.5. The lowest BCUT2D eigenvalue weighted by molar-refractivity contribution is 1.18. The predicted molar refractivity (Wildman–Crippen MR) is 245 cm³/mol. The second-order valence-electron chi connectivity index (χ2n) is 14.5. The van der Waals surface area contributed by atoms with E-state index < -0.39 is 0 Å². The second kappa shape index (κ2) is 13.8. The SMILES string of the molecule is c1ccc(-c2ccccc2-c2cccc3c2c2ccc(N(c4ccccc4-c4ccccc4)c4cccc5c4sc4ccccc45)cc2n3-c2ccccc2)cc1. The monoisotopic (exact) mass is 744 g/mol. The molecular weight excluding hydrogens is 709 g/mol. The molecule has 0 aliphatic carbocycles. The van der Waals surface area contributed by atoms with Crippen molar-refractivity contribution >= 4 is 70.4 Å².